The van der Waals surface area contributed by atoms with Crippen LogP contribution in [0.25, 0.3) is 0 Å². The van der Waals surface area contributed by atoms with Crippen molar-refractivity contribution in [2.45, 2.75) is 25.8 Å². The fraction of sp³-hybridized carbons (Fsp3) is 0.600. The van der Waals surface area contributed by atoms with Crippen molar-refractivity contribution in [3.63, 3.8) is 0 Å². The van der Waals surface area contributed by atoms with Crippen LogP contribution >= 0.6 is 11.3 Å². The minimum Gasteiger partial charge on any atom is -0.481 e. The second-order valence-corrected chi connectivity index (χ2v) is 4.91. The largest absolute Gasteiger partial charge is 0.481 e. The number of rotatable bonds is 6. The number of carboxylic acid groups (broad SMARTS) is 1. The van der Waals surface area contributed by atoms with Gasteiger partial charge in [-0.3, -0.25) is 4.79 Å². The normalized spacial score (nSPS) is 10.9. The van der Waals surface area contributed by atoms with Gasteiger partial charge in [0, 0.05) is 24.0 Å². The van der Waals surface area contributed by atoms with Crippen molar-refractivity contribution in [3.05, 3.63) is 16.1 Å². The molecule has 0 aliphatic rings. The number of hydrogen-bond donors (Lipinski definition) is 1. The van der Waals surface area contributed by atoms with Crippen LogP contribution in [0.2, 0.25) is 0 Å². The Morgan fingerprint density at radius 2 is 2.33 bits per heavy atom. The predicted octanol–water partition coefficient (Wildman–Crippen LogP) is 1.61. The number of aliphatic carboxylic acids is 1. The van der Waals surface area contributed by atoms with Gasteiger partial charge in [0.1, 0.15) is 0 Å². The summed E-state index contributed by atoms with van der Waals surface area (Å²) in [5.74, 6) is -0.736. The Hall–Kier alpha value is -0.940. The van der Waals surface area contributed by atoms with E-state index in [-0.39, 0.29) is 6.42 Å². The summed E-state index contributed by atoms with van der Waals surface area (Å²) in [5.41, 5.74) is 0. The zero-order valence-electron chi connectivity index (χ0n) is 9.06. The number of hydrogen-bond acceptors (Lipinski definition) is 4. The second-order valence-electron chi connectivity index (χ2n) is 3.71. The molecule has 1 N–H and O–H groups in total. The van der Waals surface area contributed by atoms with Gasteiger partial charge >= 0.3 is 5.97 Å². The maximum atomic E-state index is 10.3. The van der Waals surface area contributed by atoms with Crippen LogP contribution in [0.5, 0.6) is 0 Å². The van der Waals surface area contributed by atoms with Gasteiger partial charge in [-0.15, -0.1) is 11.3 Å². The lowest BCUT2D eigenvalue weighted by Crippen LogP contribution is -2.09. The molecule has 0 spiro atoms. The SMILES string of the molecule is CN(C)Cc1cnc(CCCC(=O)O)s1. The molecule has 84 valence electrons. The average Bonchev–Trinajstić information content (AvgIpc) is 2.50. The molecule has 4 nitrogen and oxygen atoms in total. The first-order chi connectivity index (χ1) is 7.08. The van der Waals surface area contributed by atoms with Crippen LogP contribution in [0.1, 0.15) is 22.7 Å². The van der Waals surface area contributed by atoms with Crippen LogP contribution in [0.4, 0.5) is 0 Å². The molecule has 0 aromatic carbocycles. The lowest BCUT2D eigenvalue weighted by atomic mass is 10.2. The van der Waals surface area contributed by atoms with Gasteiger partial charge < -0.3 is 10.0 Å². The van der Waals surface area contributed by atoms with Gasteiger partial charge in [0.05, 0.1) is 5.01 Å². The molecule has 0 saturated heterocycles. The van der Waals surface area contributed by atoms with Gasteiger partial charge in [-0.25, -0.2) is 4.98 Å². The summed E-state index contributed by atoms with van der Waals surface area (Å²) in [7, 11) is 4.04. The van der Waals surface area contributed by atoms with E-state index in [0.29, 0.717) is 6.42 Å². The Morgan fingerprint density at radius 1 is 1.60 bits per heavy atom. The van der Waals surface area contributed by atoms with Crippen LogP contribution < -0.4 is 0 Å². The molecule has 0 radical (unpaired) electrons. The molecule has 0 aliphatic heterocycles. The number of aromatic nitrogens is 1. The molecule has 0 unspecified atom stereocenters. The zero-order chi connectivity index (χ0) is 11.3. The van der Waals surface area contributed by atoms with Gasteiger partial charge in [0.25, 0.3) is 0 Å². The van der Waals surface area contributed by atoms with E-state index in [4.69, 9.17) is 5.11 Å². The number of carbonyl (C=O) groups is 1. The third-order valence-electron chi connectivity index (χ3n) is 1.85. The Balaban J connectivity index is 2.36. The lowest BCUT2D eigenvalue weighted by Gasteiger charge is -2.05. The fourth-order valence-corrected chi connectivity index (χ4v) is 2.32. The Labute approximate surface area is 93.6 Å². The van der Waals surface area contributed by atoms with E-state index in [1.165, 1.54) is 4.88 Å². The van der Waals surface area contributed by atoms with Crippen LogP contribution in [0, 0.1) is 0 Å². The number of carboxylic acids is 1. The second kappa shape index (κ2) is 5.82. The number of nitrogens with zero attached hydrogens (tertiary/aromatic N) is 2. The van der Waals surface area contributed by atoms with E-state index < -0.39 is 5.97 Å². The minimum atomic E-state index is -0.736. The molecule has 1 aromatic heterocycles. The van der Waals surface area contributed by atoms with E-state index in [1.807, 2.05) is 20.3 Å². The molecule has 1 rings (SSSR count). The fourth-order valence-electron chi connectivity index (χ4n) is 1.24. The Morgan fingerprint density at radius 3 is 2.93 bits per heavy atom. The van der Waals surface area contributed by atoms with Crippen LogP contribution in [-0.2, 0) is 17.8 Å². The van der Waals surface area contributed by atoms with Gasteiger partial charge in [0.15, 0.2) is 0 Å². The maximum absolute atomic E-state index is 10.3. The van der Waals surface area contributed by atoms with Gasteiger partial charge in [-0.05, 0) is 26.9 Å². The highest BCUT2D eigenvalue weighted by Crippen LogP contribution is 2.16. The van der Waals surface area contributed by atoms with Crippen molar-refractivity contribution in [3.8, 4) is 0 Å². The molecule has 15 heavy (non-hydrogen) atoms. The van der Waals surface area contributed by atoms with Crippen molar-refractivity contribution in [2.75, 3.05) is 14.1 Å². The van der Waals surface area contributed by atoms with E-state index >= 15 is 0 Å². The predicted molar refractivity (Wildman–Crippen MR) is 60.1 cm³/mol. The summed E-state index contributed by atoms with van der Waals surface area (Å²) in [6.45, 7) is 0.899. The molecule has 0 bridgehead atoms. The third-order valence-corrected chi connectivity index (χ3v) is 2.90. The number of thiazole rings is 1. The highest BCUT2D eigenvalue weighted by atomic mass is 32.1. The van der Waals surface area contributed by atoms with Crippen molar-refractivity contribution in [2.24, 2.45) is 0 Å². The summed E-state index contributed by atoms with van der Waals surface area (Å²) >= 11 is 1.67. The highest BCUT2D eigenvalue weighted by Gasteiger charge is 2.04. The van der Waals surface area contributed by atoms with E-state index in [2.05, 4.69) is 9.88 Å². The van der Waals surface area contributed by atoms with Gasteiger partial charge in [-0.1, -0.05) is 0 Å². The first-order valence-corrected chi connectivity index (χ1v) is 5.69. The first-order valence-electron chi connectivity index (χ1n) is 4.88. The zero-order valence-corrected chi connectivity index (χ0v) is 9.88. The van der Waals surface area contributed by atoms with E-state index in [9.17, 15) is 4.79 Å². The van der Waals surface area contributed by atoms with Crippen molar-refractivity contribution in [1.29, 1.82) is 0 Å². The maximum Gasteiger partial charge on any atom is 0.303 e. The van der Waals surface area contributed by atoms with E-state index in [1.54, 1.807) is 11.3 Å². The molecule has 1 aromatic rings. The molecule has 0 aliphatic carbocycles. The summed E-state index contributed by atoms with van der Waals surface area (Å²) in [6.07, 6.45) is 3.54. The molecular weight excluding hydrogens is 212 g/mol. The number of aryl methyl sites for hydroxylation is 1. The van der Waals surface area contributed by atoms with Crippen molar-refractivity contribution >= 4 is 17.3 Å². The molecule has 0 fully saturated rings. The monoisotopic (exact) mass is 228 g/mol. The molecule has 0 saturated carbocycles. The molecule has 0 atom stereocenters. The molecular formula is C10H16N2O2S. The summed E-state index contributed by atoms with van der Waals surface area (Å²) < 4.78 is 0. The van der Waals surface area contributed by atoms with Gasteiger partial charge in [0.2, 0.25) is 0 Å². The average molecular weight is 228 g/mol. The smallest absolute Gasteiger partial charge is 0.303 e. The summed E-state index contributed by atoms with van der Waals surface area (Å²) in [5, 5.41) is 9.53. The third kappa shape index (κ3) is 4.90. The summed E-state index contributed by atoms with van der Waals surface area (Å²) in [6, 6.07) is 0. The Kier molecular flexibility index (Phi) is 4.71. The summed E-state index contributed by atoms with van der Waals surface area (Å²) in [4.78, 5) is 17.9. The van der Waals surface area contributed by atoms with Crippen LogP contribution in [-0.4, -0.2) is 35.1 Å². The van der Waals surface area contributed by atoms with Gasteiger partial charge in [-0.2, -0.15) is 0 Å². The lowest BCUT2D eigenvalue weighted by molar-refractivity contribution is -0.137. The Bertz CT molecular complexity index is 323. The first kappa shape index (κ1) is 12.1. The molecule has 5 heteroatoms. The molecule has 1 heterocycles. The van der Waals surface area contributed by atoms with Crippen LogP contribution in [0.15, 0.2) is 6.20 Å². The topological polar surface area (TPSA) is 53.4 Å². The standard InChI is InChI=1S/C10H16N2O2S/c1-12(2)7-8-6-11-9(15-8)4-3-5-10(13)14/h6H,3-5,7H2,1-2H3,(H,13,14). The minimum absolute atomic E-state index is 0.225. The van der Waals surface area contributed by atoms with E-state index in [0.717, 1.165) is 18.0 Å². The van der Waals surface area contributed by atoms with Crippen molar-refractivity contribution < 1.29 is 9.90 Å². The van der Waals surface area contributed by atoms with Crippen molar-refractivity contribution in [1.82, 2.24) is 9.88 Å². The van der Waals surface area contributed by atoms with Crippen LogP contribution in [0.3, 0.4) is 0 Å². The molecule has 0 amide bonds. The quantitative estimate of drug-likeness (QED) is 0.803. The highest BCUT2D eigenvalue weighted by molar-refractivity contribution is 7.11.